The van der Waals surface area contributed by atoms with Gasteiger partial charge in [0.15, 0.2) is 0 Å². The summed E-state index contributed by atoms with van der Waals surface area (Å²) in [6.45, 7) is 9.34. The van der Waals surface area contributed by atoms with Gasteiger partial charge in [0.25, 0.3) is 0 Å². The minimum atomic E-state index is 0.482. The average Bonchev–Trinajstić information content (AvgIpc) is 3.44. The van der Waals surface area contributed by atoms with Crippen LogP contribution in [-0.2, 0) is 6.42 Å². The minimum absolute atomic E-state index is 0.482. The number of hydrogen-bond donors (Lipinski definition) is 0. The van der Waals surface area contributed by atoms with Gasteiger partial charge in [0, 0.05) is 80.1 Å². The maximum atomic E-state index is 9.77. The van der Waals surface area contributed by atoms with Gasteiger partial charge < -0.3 is 4.90 Å². The second-order valence-corrected chi connectivity index (χ2v) is 10.7. The van der Waals surface area contributed by atoms with E-state index >= 15 is 0 Å². The molecule has 1 fully saturated rings. The van der Waals surface area contributed by atoms with Crippen molar-refractivity contribution in [3.05, 3.63) is 102 Å². The van der Waals surface area contributed by atoms with Crippen molar-refractivity contribution in [3.8, 4) is 28.3 Å². The second kappa shape index (κ2) is 11.3. The molecule has 6 rings (SSSR count). The van der Waals surface area contributed by atoms with Crippen molar-refractivity contribution >= 4 is 11.3 Å². The standard InChI is InChI=1S/C33H33N7/c1-24(2)25-6-8-26(9-7-25)28-19-31(33-29(20-34)22-37-40(33)23-28)27-10-11-32(36-21-27)39-17-15-38(16-18-39)14-12-30-5-3-4-13-35-30/h3-11,13,19,21-24H,12,14-18H2,1-2H3. The number of hydrogen-bond acceptors (Lipinski definition) is 6. The highest BCUT2D eigenvalue weighted by Crippen LogP contribution is 2.33. The molecule has 1 saturated heterocycles. The summed E-state index contributed by atoms with van der Waals surface area (Å²) in [5.41, 5.74) is 7.92. The predicted molar refractivity (Wildman–Crippen MR) is 159 cm³/mol. The van der Waals surface area contributed by atoms with Gasteiger partial charge in [0.2, 0.25) is 0 Å². The van der Waals surface area contributed by atoms with E-state index in [0.29, 0.717) is 11.5 Å². The second-order valence-electron chi connectivity index (χ2n) is 10.7. The Morgan fingerprint density at radius 2 is 1.68 bits per heavy atom. The Balaban J connectivity index is 1.21. The Kier molecular flexibility index (Phi) is 7.26. The van der Waals surface area contributed by atoms with Crippen LogP contribution in [0.1, 0.15) is 36.6 Å². The zero-order valence-electron chi connectivity index (χ0n) is 23.0. The first-order valence-corrected chi connectivity index (χ1v) is 13.9. The van der Waals surface area contributed by atoms with Crippen LogP contribution in [0.3, 0.4) is 0 Å². The molecule has 5 heterocycles. The normalized spacial score (nSPS) is 14.1. The molecule has 1 aliphatic heterocycles. The third-order valence-electron chi connectivity index (χ3n) is 7.81. The number of nitrogens with zero attached hydrogens (tertiary/aromatic N) is 7. The van der Waals surface area contributed by atoms with E-state index in [1.54, 1.807) is 6.20 Å². The third kappa shape index (κ3) is 5.31. The zero-order chi connectivity index (χ0) is 27.5. The molecular weight excluding hydrogens is 494 g/mol. The minimum Gasteiger partial charge on any atom is -0.354 e. The van der Waals surface area contributed by atoms with Crippen molar-refractivity contribution in [2.45, 2.75) is 26.2 Å². The quantitative estimate of drug-likeness (QED) is 0.266. The van der Waals surface area contributed by atoms with E-state index in [1.165, 1.54) is 5.56 Å². The van der Waals surface area contributed by atoms with Crippen molar-refractivity contribution < 1.29 is 0 Å². The number of aromatic nitrogens is 4. The van der Waals surface area contributed by atoms with E-state index in [4.69, 9.17) is 4.98 Å². The third-order valence-corrected chi connectivity index (χ3v) is 7.81. The van der Waals surface area contributed by atoms with E-state index < -0.39 is 0 Å². The summed E-state index contributed by atoms with van der Waals surface area (Å²) in [6, 6.07) is 23.5. The Morgan fingerprint density at radius 3 is 2.35 bits per heavy atom. The molecule has 0 radical (unpaired) electrons. The number of rotatable bonds is 7. The van der Waals surface area contributed by atoms with E-state index in [-0.39, 0.29) is 0 Å². The maximum Gasteiger partial charge on any atom is 0.128 e. The van der Waals surface area contributed by atoms with Gasteiger partial charge in [0.05, 0.1) is 17.3 Å². The first-order chi connectivity index (χ1) is 19.6. The number of fused-ring (bicyclic) bond motifs is 1. The number of benzene rings is 1. The molecule has 0 saturated carbocycles. The number of piperazine rings is 1. The van der Waals surface area contributed by atoms with Crippen LogP contribution in [0.15, 0.2) is 85.5 Å². The summed E-state index contributed by atoms with van der Waals surface area (Å²) in [7, 11) is 0. The van der Waals surface area contributed by atoms with Gasteiger partial charge in [-0.05, 0) is 47.4 Å². The molecule has 0 atom stereocenters. The van der Waals surface area contributed by atoms with Crippen LogP contribution >= 0.6 is 0 Å². The van der Waals surface area contributed by atoms with Gasteiger partial charge in [0.1, 0.15) is 11.9 Å². The largest absolute Gasteiger partial charge is 0.354 e. The highest BCUT2D eigenvalue weighted by atomic mass is 15.3. The summed E-state index contributed by atoms with van der Waals surface area (Å²) in [4.78, 5) is 14.2. The molecule has 4 aromatic heterocycles. The molecule has 1 aliphatic rings. The molecule has 7 nitrogen and oxygen atoms in total. The van der Waals surface area contributed by atoms with Crippen molar-refractivity contribution in [3.63, 3.8) is 0 Å². The van der Waals surface area contributed by atoms with Gasteiger partial charge in [-0.2, -0.15) is 10.4 Å². The maximum absolute atomic E-state index is 9.77. The number of nitriles is 1. The lowest BCUT2D eigenvalue weighted by Crippen LogP contribution is -2.47. The molecule has 0 unspecified atom stereocenters. The van der Waals surface area contributed by atoms with E-state index in [1.807, 2.05) is 29.2 Å². The Morgan fingerprint density at radius 1 is 0.875 bits per heavy atom. The lowest BCUT2D eigenvalue weighted by molar-refractivity contribution is 0.259. The molecule has 7 heteroatoms. The Hall–Kier alpha value is -4.54. The lowest BCUT2D eigenvalue weighted by atomic mass is 9.97. The van der Waals surface area contributed by atoms with E-state index in [0.717, 1.165) is 78.4 Å². The summed E-state index contributed by atoms with van der Waals surface area (Å²) < 4.78 is 1.82. The molecule has 0 aliphatic carbocycles. The van der Waals surface area contributed by atoms with E-state index in [2.05, 4.69) is 94.4 Å². The average molecular weight is 528 g/mol. The highest BCUT2D eigenvalue weighted by molar-refractivity contribution is 5.87. The van der Waals surface area contributed by atoms with Crippen LogP contribution in [-0.4, -0.2) is 57.2 Å². The van der Waals surface area contributed by atoms with Crippen LogP contribution < -0.4 is 4.90 Å². The molecule has 5 aromatic rings. The lowest BCUT2D eigenvalue weighted by Gasteiger charge is -2.35. The summed E-state index contributed by atoms with van der Waals surface area (Å²) in [5, 5.41) is 14.3. The van der Waals surface area contributed by atoms with E-state index in [9.17, 15) is 5.26 Å². The fraction of sp³-hybridized carbons (Fsp3) is 0.273. The highest BCUT2D eigenvalue weighted by Gasteiger charge is 2.19. The van der Waals surface area contributed by atoms with Crippen LogP contribution in [0.2, 0.25) is 0 Å². The van der Waals surface area contributed by atoms with Crippen LogP contribution in [0.4, 0.5) is 5.82 Å². The van der Waals surface area contributed by atoms with Crippen molar-refractivity contribution in [1.29, 1.82) is 5.26 Å². The summed E-state index contributed by atoms with van der Waals surface area (Å²) in [5.74, 6) is 1.47. The molecule has 40 heavy (non-hydrogen) atoms. The van der Waals surface area contributed by atoms with Crippen LogP contribution in [0.25, 0.3) is 27.8 Å². The fourth-order valence-electron chi connectivity index (χ4n) is 5.39. The van der Waals surface area contributed by atoms with Crippen LogP contribution in [0.5, 0.6) is 0 Å². The van der Waals surface area contributed by atoms with Gasteiger partial charge >= 0.3 is 0 Å². The van der Waals surface area contributed by atoms with Crippen LogP contribution in [0, 0.1) is 11.3 Å². The first kappa shape index (κ1) is 25.7. The van der Waals surface area contributed by atoms with Crippen molar-refractivity contribution in [2.75, 3.05) is 37.6 Å². The smallest absolute Gasteiger partial charge is 0.128 e. The molecule has 0 bridgehead atoms. The Bertz CT molecular complexity index is 1620. The fourth-order valence-corrected chi connectivity index (χ4v) is 5.39. The van der Waals surface area contributed by atoms with Crippen molar-refractivity contribution in [2.24, 2.45) is 0 Å². The van der Waals surface area contributed by atoms with Gasteiger partial charge in [-0.1, -0.05) is 44.2 Å². The molecule has 0 amide bonds. The molecule has 0 N–H and O–H groups in total. The molecular formula is C33H33N7. The number of anilines is 1. The summed E-state index contributed by atoms with van der Waals surface area (Å²) in [6.07, 6.45) is 8.40. The predicted octanol–water partition coefficient (Wildman–Crippen LogP) is 5.82. The number of pyridine rings is 3. The first-order valence-electron chi connectivity index (χ1n) is 13.9. The van der Waals surface area contributed by atoms with Gasteiger partial charge in [-0.15, -0.1) is 0 Å². The molecule has 200 valence electrons. The topological polar surface area (TPSA) is 73.3 Å². The zero-order valence-corrected chi connectivity index (χ0v) is 23.0. The summed E-state index contributed by atoms with van der Waals surface area (Å²) >= 11 is 0. The van der Waals surface area contributed by atoms with Gasteiger partial charge in [-0.25, -0.2) is 9.50 Å². The van der Waals surface area contributed by atoms with Crippen molar-refractivity contribution in [1.82, 2.24) is 24.5 Å². The SMILES string of the molecule is CC(C)c1ccc(-c2cc(-c3ccc(N4CCN(CCc5ccccn5)CC4)nc3)c3c(C#N)cnn3c2)cc1. The molecule has 1 aromatic carbocycles. The van der Waals surface area contributed by atoms with Gasteiger partial charge in [-0.3, -0.25) is 9.88 Å². The monoisotopic (exact) mass is 527 g/mol. The molecule has 0 spiro atoms. The Labute approximate surface area is 235 Å².